The van der Waals surface area contributed by atoms with Gasteiger partial charge in [-0.3, -0.25) is 0 Å². The first-order valence-electron chi connectivity index (χ1n) is 17.7. The Balaban J connectivity index is 1.28. The van der Waals surface area contributed by atoms with Gasteiger partial charge in [0.1, 0.15) is 0 Å². The van der Waals surface area contributed by atoms with Crippen LogP contribution in [0.25, 0.3) is 0 Å². The molecule has 2 fully saturated rings. The minimum atomic E-state index is -0.0490. The summed E-state index contributed by atoms with van der Waals surface area (Å²) in [5.74, 6) is 4.80. The van der Waals surface area contributed by atoms with E-state index in [1.165, 1.54) is 0 Å². The zero-order chi connectivity index (χ0) is 35.7. The zero-order valence-electron chi connectivity index (χ0n) is 30.5. The summed E-state index contributed by atoms with van der Waals surface area (Å²) < 4.78 is 29.9. The van der Waals surface area contributed by atoms with Crippen LogP contribution >= 0.6 is 0 Å². The molecule has 2 aromatic carbocycles. The summed E-state index contributed by atoms with van der Waals surface area (Å²) in [4.78, 5) is 24.5. The summed E-state index contributed by atoms with van der Waals surface area (Å²) in [6.45, 7) is 14.0. The van der Waals surface area contributed by atoms with Crippen LogP contribution in [0.1, 0.15) is 50.9 Å². The molecule has 2 aliphatic heterocycles. The lowest BCUT2D eigenvalue weighted by Crippen LogP contribution is -2.50. The molecule has 13 nitrogen and oxygen atoms in total. The van der Waals surface area contributed by atoms with Crippen molar-refractivity contribution in [2.24, 2.45) is 0 Å². The summed E-state index contributed by atoms with van der Waals surface area (Å²) in [5.41, 5.74) is 1.61. The number of rotatable bonds is 14. The van der Waals surface area contributed by atoms with Crippen LogP contribution in [0.15, 0.2) is 60.9 Å². The minimum Gasteiger partial charge on any atom is -0.493 e. The third-order valence-electron chi connectivity index (χ3n) is 9.14. The first kappa shape index (κ1) is 35.9. The maximum atomic E-state index is 6.64. The van der Waals surface area contributed by atoms with E-state index in [9.17, 15) is 0 Å². The van der Waals surface area contributed by atoms with Gasteiger partial charge in [-0.1, -0.05) is 38.1 Å². The topological polar surface area (TPSA) is 128 Å². The average Bonchev–Trinajstić information content (AvgIpc) is 3.16. The number of ether oxygens (including phenoxy) is 5. The summed E-state index contributed by atoms with van der Waals surface area (Å²) >= 11 is 0. The highest BCUT2D eigenvalue weighted by molar-refractivity contribution is 5.56. The maximum absolute atomic E-state index is 6.64. The van der Waals surface area contributed by atoms with Gasteiger partial charge in [-0.25, -0.2) is 19.9 Å². The van der Waals surface area contributed by atoms with Gasteiger partial charge < -0.3 is 44.1 Å². The number of benzene rings is 2. The van der Waals surface area contributed by atoms with E-state index < -0.39 is 0 Å². The third kappa shape index (κ3) is 8.89. The van der Waals surface area contributed by atoms with Crippen molar-refractivity contribution in [2.75, 3.05) is 76.5 Å². The molecule has 272 valence electrons. The number of aromatic nitrogens is 4. The van der Waals surface area contributed by atoms with Gasteiger partial charge >= 0.3 is 0 Å². The number of nitrogens with one attached hydrogen (secondary N) is 2. The Bertz CT molecular complexity index is 1620. The quantitative estimate of drug-likeness (QED) is 0.183. The fourth-order valence-electron chi connectivity index (χ4n) is 6.21. The number of methoxy groups -OCH3 is 2. The van der Waals surface area contributed by atoms with E-state index in [1.54, 1.807) is 26.6 Å². The van der Waals surface area contributed by atoms with Crippen molar-refractivity contribution in [1.82, 2.24) is 30.6 Å². The van der Waals surface area contributed by atoms with Crippen LogP contribution < -0.4 is 44.1 Å². The molecule has 2 aromatic heterocycles. The maximum Gasteiger partial charge on any atom is 0.264 e. The highest BCUT2D eigenvalue weighted by Gasteiger charge is 2.28. The summed E-state index contributed by atoms with van der Waals surface area (Å²) in [5, 5.41) is 7.05. The second kappa shape index (κ2) is 16.9. The van der Waals surface area contributed by atoms with Crippen molar-refractivity contribution in [3.63, 3.8) is 0 Å². The Morgan fingerprint density at radius 2 is 1.08 bits per heavy atom. The lowest BCUT2D eigenvalue weighted by Gasteiger charge is -2.34. The molecule has 2 N–H and O–H groups in total. The molecule has 0 aliphatic carbocycles. The summed E-state index contributed by atoms with van der Waals surface area (Å²) in [7, 11) is 3.28. The largest absolute Gasteiger partial charge is 0.493 e. The smallest absolute Gasteiger partial charge is 0.264 e. The lowest BCUT2D eigenvalue weighted by molar-refractivity contribution is 0.275. The molecule has 4 atom stereocenters. The number of para-hydroxylation sites is 4. The van der Waals surface area contributed by atoms with E-state index in [-0.39, 0.29) is 23.9 Å². The highest BCUT2D eigenvalue weighted by Crippen LogP contribution is 2.36. The van der Waals surface area contributed by atoms with Crippen LogP contribution in [0.3, 0.4) is 0 Å². The second-order valence-electron chi connectivity index (χ2n) is 13.3. The van der Waals surface area contributed by atoms with Gasteiger partial charge in [-0.15, -0.1) is 0 Å². The highest BCUT2D eigenvalue weighted by atomic mass is 16.5. The van der Waals surface area contributed by atoms with Gasteiger partial charge in [-0.05, 0) is 38.1 Å². The van der Waals surface area contributed by atoms with Crippen molar-refractivity contribution in [1.29, 1.82) is 0 Å². The predicted molar refractivity (Wildman–Crippen MR) is 197 cm³/mol. The fraction of sp³-hybridized carbons (Fsp3) is 0.474. The van der Waals surface area contributed by atoms with Crippen molar-refractivity contribution in [2.45, 2.75) is 51.6 Å². The summed E-state index contributed by atoms with van der Waals surface area (Å²) in [6.07, 6.45) is 3.54. The first-order chi connectivity index (χ1) is 24.8. The predicted octanol–water partition coefficient (Wildman–Crippen LogP) is 5.04. The van der Waals surface area contributed by atoms with Gasteiger partial charge in [0, 0.05) is 63.2 Å². The van der Waals surface area contributed by atoms with Crippen molar-refractivity contribution in [3.05, 3.63) is 72.3 Å². The van der Waals surface area contributed by atoms with E-state index >= 15 is 0 Å². The van der Waals surface area contributed by atoms with Gasteiger partial charge in [0.25, 0.3) is 11.8 Å². The lowest BCUT2D eigenvalue weighted by atomic mass is 10.1. The zero-order valence-corrected chi connectivity index (χ0v) is 30.5. The number of anilines is 2. The van der Waals surface area contributed by atoms with Gasteiger partial charge in [0.05, 0.1) is 51.2 Å². The van der Waals surface area contributed by atoms with Gasteiger partial charge in [0.15, 0.2) is 34.6 Å². The Labute approximate surface area is 300 Å². The van der Waals surface area contributed by atoms with Crippen LogP contribution in [0.4, 0.5) is 11.6 Å². The van der Waals surface area contributed by atoms with Crippen molar-refractivity contribution in [3.8, 4) is 34.8 Å². The van der Waals surface area contributed by atoms with E-state index in [1.807, 2.05) is 48.5 Å². The molecule has 4 heterocycles. The molecule has 51 heavy (non-hydrogen) atoms. The molecule has 4 aromatic rings. The standard InChI is InChI=1S/C38H50N8O5/c1-25(23-49-33-13-9-7-11-31(33)47-5)29-19-41-37(35(43-29)45-17-15-39-27(3)21-45)51-38-36(46-18-16-40-28(4)22-46)44-30(20-42-38)26(2)24-50-34-14-10-8-12-32(34)48-6/h7-14,19-20,25-28,39-40H,15-18,21-24H2,1-6H3. The van der Waals surface area contributed by atoms with Crippen LogP contribution in [0, 0.1) is 0 Å². The SMILES string of the molecule is COc1ccccc1OCC(C)c1cnc(Oc2ncc(C(C)COc3ccccc3OC)nc2N2CCNC(C)C2)c(N2CCNC(C)C2)n1. The Morgan fingerprint density at radius 3 is 1.47 bits per heavy atom. The molecular weight excluding hydrogens is 648 g/mol. The second-order valence-corrected chi connectivity index (χ2v) is 13.3. The number of hydrogen-bond donors (Lipinski definition) is 2. The Morgan fingerprint density at radius 1 is 0.667 bits per heavy atom. The van der Waals surface area contributed by atoms with E-state index in [4.69, 9.17) is 43.6 Å². The summed E-state index contributed by atoms with van der Waals surface area (Å²) in [6, 6.07) is 15.8. The number of hydrogen-bond acceptors (Lipinski definition) is 13. The fourth-order valence-corrected chi connectivity index (χ4v) is 6.21. The molecule has 0 bridgehead atoms. The van der Waals surface area contributed by atoms with Gasteiger partial charge in [0.2, 0.25) is 0 Å². The molecule has 0 spiro atoms. The molecule has 13 heteroatoms. The third-order valence-corrected chi connectivity index (χ3v) is 9.14. The normalized spacial score (nSPS) is 18.9. The van der Waals surface area contributed by atoms with Crippen molar-refractivity contribution >= 4 is 11.6 Å². The van der Waals surface area contributed by atoms with Crippen LogP contribution in [0.5, 0.6) is 34.8 Å². The van der Waals surface area contributed by atoms with E-state index in [0.717, 1.165) is 50.7 Å². The molecule has 4 unspecified atom stereocenters. The molecule has 2 aliphatic rings. The van der Waals surface area contributed by atoms with Crippen molar-refractivity contribution < 1.29 is 23.7 Å². The van der Waals surface area contributed by atoms with Crippen LogP contribution in [0.2, 0.25) is 0 Å². The molecule has 0 amide bonds. The molecular formula is C38H50N8O5. The van der Waals surface area contributed by atoms with Crippen LogP contribution in [-0.4, -0.2) is 98.7 Å². The number of piperazine rings is 2. The van der Waals surface area contributed by atoms with Crippen LogP contribution in [-0.2, 0) is 0 Å². The molecule has 0 radical (unpaired) electrons. The number of nitrogens with zero attached hydrogens (tertiary/aromatic N) is 6. The molecule has 0 saturated carbocycles. The molecule has 6 rings (SSSR count). The molecule has 2 saturated heterocycles. The Hall–Kier alpha value is -4.88. The van der Waals surface area contributed by atoms with E-state index in [0.29, 0.717) is 59.6 Å². The van der Waals surface area contributed by atoms with E-state index in [2.05, 4.69) is 48.1 Å². The Kier molecular flexibility index (Phi) is 11.9. The monoisotopic (exact) mass is 698 g/mol. The van der Waals surface area contributed by atoms with Gasteiger partial charge in [-0.2, -0.15) is 0 Å². The average molecular weight is 699 g/mol. The minimum absolute atomic E-state index is 0.0490. The first-order valence-corrected chi connectivity index (χ1v) is 17.7.